The van der Waals surface area contributed by atoms with Crippen LogP contribution in [0.15, 0.2) is 17.1 Å². The van der Waals surface area contributed by atoms with Crippen LogP contribution in [0.4, 0.5) is 0 Å². The number of guanidine groups is 1. The molecule has 1 aliphatic heterocycles. The van der Waals surface area contributed by atoms with Gasteiger partial charge in [0.05, 0.1) is 29.7 Å². The summed E-state index contributed by atoms with van der Waals surface area (Å²) in [6.07, 6.45) is 1.62. The second kappa shape index (κ2) is 13.2. The first-order valence-corrected chi connectivity index (χ1v) is 10.1. The fraction of sp³-hybridized carbons (Fsp3) is 0.611. The molecular weight excluding hydrogens is 539 g/mol. The molecule has 3 N–H and O–H groups in total. The van der Waals surface area contributed by atoms with Crippen LogP contribution in [0.5, 0.6) is 5.75 Å². The highest BCUT2D eigenvalue weighted by Crippen LogP contribution is 2.35. The third kappa shape index (κ3) is 7.91. The SMILES string of the molecule is CCNC(=NCC1(CO)CCOCC1)NCCOc1c(Cl)cc(Cl)cc1Cl.I. The van der Waals surface area contributed by atoms with Crippen LogP contribution in [0.2, 0.25) is 15.1 Å². The summed E-state index contributed by atoms with van der Waals surface area (Å²) >= 11 is 18.1. The molecule has 1 saturated heterocycles. The van der Waals surface area contributed by atoms with E-state index in [4.69, 9.17) is 44.3 Å². The van der Waals surface area contributed by atoms with Crippen molar-refractivity contribution in [2.45, 2.75) is 19.8 Å². The number of hydrogen-bond donors (Lipinski definition) is 3. The molecule has 0 bridgehead atoms. The zero-order valence-corrected chi connectivity index (χ0v) is 20.4. The first-order chi connectivity index (χ1) is 13.0. The fourth-order valence-corrected chi connectivity index (χ4v) is 3.67. The molecule has 1 fully saturated rings. The standard InChI is InChI=1S/C18H26Cl3N3O3.HI/c1-2-22-17(24-11-18(12-25)3-6-26-7-4-18)23-5-8-27-16-14(20)9-13(19)10-15(16)21;/h9-10,25H,2-8,11-12H2,1H3,(H2,22,23,24);1H. The van der Waals surface area contributed by atoms with Gasteiger partial charge in [-0.25, -0.2) is 0 Å². The lowest BCUT2D eigenvalue weighted by Gasteiger charge is -2.34. The first kappa shape index (κ1) is 25.8. The van der Waals surface area contributed by atoms with E-state index in [0.717, 1.165) is 19.4 Å². The minimum Gasteiger partial charge on any atom is -0.489 e. The molecule has 0 unspecified atom stereocenters. The molecular formula is C18H27Cl3IN3O3. The predicted octanol–water partition coefficient (Wildman–Crippen LogP) is 3.99. The van der Waals surface area contributed by atoms with Crippen molar-refractivity contribution in [3.63, 3.8) is 0 Å². The number of rotatable bonds is 8. The summed E-state index contributed by atoms with van der Waals surface area (Å²) in [7, 11) is 0. The van der Waals surface area contributed by atoms with E-state index < -0.39 is 0 Å². The lowest BCUT2D eigenvalue weighted by molar-refractivity contribution is -0.0106. The van der Waals surface area contributed by atoms with Gasteiger partial charge in [-0.2, -0.15) is 0 Å². The number of aliphatic hydroxyl groups excluding tert-OH is 1. The molecule has 1 heterocycles. The number of benzene rings is 1. The Hall–Kier alpha value is -0.190. The van der Waals surface area contributed by atoms with Gasteiger partial charge in [0, 0.05) is 30.2 Å². The van der Waals surface area contributed by atoms with Crippen molar-refractivity contribution in [3.05, 3.63) is 27.2 Å². The molecule has 1 aromatic carbocycles. The van der Waals surface area contributed by atoms with Gasteiger partial charge < -0.3 is 25.2 Å². The van der Waals surface area contributed by atoms with E-state index in [-0.39, 0.29) is 36.0 Å². The highest BCUT2D eigenvalue weighted by atomic mass is 127. The minimum absolute atomic E-state index is 0. The summed E-state index contributed by atoms with van der Waals surface area (Å²) in [6.45, 7) is 5.57. The van der Waals surface area contributed by atoms with Gasteiger partial charge in [0.1, 0.15) is 6.61 Å². The Morgan fingerprint density at radius 1 is 1.21 bits per heavy atom. The summed E-state index contributed by atoms with van der Waals surface area (Å²) in [4.78, 5) is 4.63. The molecule has 2 rings (SSSR count). The Morgan fingerprint density at radius 3 is 2.43 bits per heavy atom. The monoisotopic (exact) mass is 565 g/mol. The average Bonchev–Trinajstić information content (AvgIpc) is 2.65. The zero-order valence-electron chi connectivity index (χ0n) is 15.8. The molecule has 0 aliphatic carbocycles. The van der Waals surface area contributed by atoms with E-state index in [1.54, 1.807) is 12.1 Å². The molecule has 0 aromatic heterocycles. The van der Waals surface area contributed by atoms with Crippen LogP contribution in [-0.4, -0.2) is 57.1 Å². The van der Waals surface area contributed by atoms with E-state index in [2.05, 4.69) is 15.6 Å². The zero-order chi connectivity index (χ0) is 19.7. The van der Waals surface area contributed by atoms with Crippen LogP contribution in [0.25, 0.3) is 0 Å². The molecule has 0 amide bonds. The summed E-state index contributed by atoms with van der Waals surface area (Å²) in [5, 5.41) is 17.4. The summed E-state index contributed by atoms with van der Waals surface area (Å²) in [5.41, 5.74) is -0.207. The molecule has 28 heavy (non-hydrogen) atoms. The number of ether oxygens (including phenoxy) is 2. The molecule has 0 spiro atoms. The summed E-state index contributed by atoms with van der Waals surface area (Å²) in [6, 6.07) is 3.18. The average molecular weight is 567 g/mol. The lowest BCUT2D eigenvalue weighted by Crippen LogP contribution is -2.42. The largest absolute Gasteiger partial charge is 0.489 e. The molecule has 0 atom stereocenters. The van der Waals surface area contributed by atoms with Crippen molar-refractivity contribution >= 4 is 64.7 Å². The number of hydrogen-bond acceptors (Lipinski definition) is 4. The van der Waals surface area contributed by atoms with Crippen LogP contribution in [-0.2, 0) is 4.74 Å². The predicted molar refractivity (Wildman–Crippen MR) is 126 cm³/mol. The topological polar surface area (TPSA) is 75.1 Å². The van der Waals surface area contributed by atoms with Crippen molar-refractivity contribution in [3.8, 4) is 5.75 Å². The van der Waals surface area contributed by atoms with Gasteiger partial charge in [0.15, 0.2) is 11.7 Å². The summed E-state index contributed by atoms with van der Waals surface area (Å²) < 4.78 is 11.1. The van der Waals surface area contributed by atoms with Crippen LogP contribution < -0.4 is 15.4 Å². The van der Waals surface area contributed by atoms with Crippen molar-refractivity contribution < 1.29 is 14.6 Å². The highest BCUT2D eigenvalue weighted by Gasteiger charge is 2.31. The van der Waals surface area contributed by atoms with E-state index in [1.807, 2.05) is 6.92 Å². The maximum absolute atomic E-state index is 9.78. The first-order valence-electron chi connectivity index (χ1n) is 8.98. The van der Waals surface area contributed by atoms with Gasteiger partial charge in [-0.15, -0.1) is 24.0 Å². The molecule has 1 aliphatic rings. The van der Waals surface area contributed by atoms with Gasteiger partial charge in [0.25, 0.3) is 0 Å². The van der Waals surface area contributed by atoms with Gasteiger partial charge in [0.2, 0.25) is 0 Å². The quantitative estimate of drug-likeness (QED) is 0.192. The van der Waals surface area contributed by atoms with Crippen LogP contribution in [0.1, 0.15) is 19.8 Å². The summed E-state index contributed by atoms with van der Waals surface area (Å²) in [5.74, 6) is 1.08. The lowest BCUT2D eigenvalue weighted by atomic mass is 9.81. The van der Waals surface area contributed by atoms with Gasteiger partial charge in [-0.1, -0.05) is 34.8 Å². The molecule has 160 valence electrons. The Bertz CT molecular complexity index is 621. The van der Waals surface area contributed by atoms with Gasteiger partial charge >= 0.3 is 0 Å². The fourth-order valence-electron chi connectivity index (χ4n) is 2.75. The van der Waals surface area contributed by atoms with Crippen LogP contribution in [0, 0.1) is 5.41 Å². The number of halogens is 4. The van der Waals surface area contributed by atoms with E-state index in [1.165, 1.54) is 0 Å². The number of aliphatic hydroxyl groups is 1. The van der Waals surface area contributed by atoms with E-state index >= 15 is 0 Å². The Kier molecular flexibility index (Phi) is 12.2. The third-order valence-electron chi connectivity index (χ3n) is 4.41. The minimum atomic E-state index is -0.207. The smallest absolute Gasteiger partial charge is 0.191 e. The van der Waals surface area contributed by atoms with Crippen molar-refractivity contribution in [2.75, 3.05) is 46.1 Å². The molecule has 1 aromatic rings. The Balaban J connectivity index is 0.00000392. The molecule has 0 saturated carbocycles. The van der Waals surface area contributed by atoms with Crippen LogP contribution in [0.3, 0.4) is 0 Å². The molecule has 10 heteroatoms. The number of nitrogens with zero attached hydrogens (tertiary/aromatic N) is 1. The third-order valence-corrected chi connectivity index (χ3v) is 5.19. The second-order valence-electron chi connectivity index (χ2n) is 6.44. The second-order valence-corrected chi connectivity index (χ2v) is 7.69. The Labute approximate surface area is 198 Å². The highest BCUT2D eigenvalue weighted by molar-refractivity contribution is 14.0. The van der Waals surface area contributed by atoms with E-state index in [0.29, 0.717) is 59.7 Å². The van der Waals surface area contributed by atoms with Crippen molar-refractivity contribution in [1.29, 1.82) is 0 Å². The van der Waals surface area contributed by atoms with Gasteiger partial charge in [-0.3, -0.25) is 4.99 Å². The maximum atomic E-state index is 9.78. The van der Waals surface area contributed by atoms with Crippen molar-refractivity contribution in [1.82, 2.24) is 10.6 Å². The van der Waals surface area contributed by atoms with Crippen LogP contribution >= 0.6 is 58.8 Å². The molecule has 6 nitrogen and oxygen atoms in total. The maximum Gasteiger partial charge on any atom is 0.191 e. The van der Waals surface area contributed by atoms with E-state index in [9.17, 15) is 5.11 Å². The molecule has 0 radical (unpaired) electrons. The number of nitrogens with one attached hydrogen (secondary N) is 2. The van der Waals surface area contributed by atoms with Crippen molar-refractivity contribution in [2.24, 2.45) is 10.4 Å². The number of aliphatic imine (C=N–C) groups is 1. The van der Waals surface area contributed by atoms with Gasteiger partial charge in [-0.05, 0) is 31.9 Å². The normalized spacial score (nSPS) is 16.2. The Morgan fingerprint density at radius 2 is 1.86 bits per heavy atom.